The van der Waals surface area contributed by atoms with E-state index in [9.17, 15) is 4.79 Å². The third-order valence-electron chi connectivity index (χ3n) is 1.63. The Kier molecular flexibility index (Phi) is 3.08. The number of carbonyl (C=O) groups excluding carboxylic acids is 1. The minimum atomic E-state index is 0.767. The molecule has 2 nitrogen and oxygen atoms in total. The van der Waals surface area contributed by atoms with Gasteiger partial charge in [-0.2, -0.15) is 0 Å². The van der Waals surface area contributed by atoms with Gasteiger partial charge >= 0.3 is 0 Å². The van der Waals surface area contributed by atoms with E-state index in [1.807, 2.05) is 37.2 Å². The highest BCUT2D eigenvalue weighted by Crippen LogP contribution is 2.21. The van der Waals surface area contributed by atoms with Crippen molar-refractivity contribution < 1.29 is 4.79 Å². The van der Waals surface area contributed by atoms with Crippen LogP contribution in [0.5, 0.6) is 0 Å². The van der Waals surface area contributed by atoms with Crippen molar-refractivity contribution in [3.63, 3.8) is 0 Å². The van der Waals surface area contributed by atoms with Crippen LogP contribution in [-0.4, -0.2) is 20.4 Å². The van der Waals surface area contributed by atoms with Crippen LogP contribution in [0.15, 0.2) is 18.2 Å². The number of benzene rings is 1. The summed E-state index contributed by atoms with van der Waals surface area (Å²) >= 11 is 2.16. The first-order valence-corrected chi connectivity index (χ1v) is 4.65. The zero-order chi connectivity index (χ0) is 9.14. The van der Waals surface area contributed by atoms with Crippen molar-refractivity contribution in [3.8, 4) is 0 Å². The lowest BCUT2D eigenvalue weighted by Crippen LogP contribution is -2.11. The quantitative estimate of drug-likeness (QED) is 0.609. The molecule has 12 heavy (non-hydrogen) atoms. The summed E-state index contributed by atoms with van der Waals surface area (Å²) in [5.41, 5.74) is 1.74. The maximum Gasteiger partial charge on any atom is 0.153 e. The molecule has 0 bridgehead atoms. The molecule has 0 N–H and O–H groups in total. The molecule has 0 aromatic heterocycles. The van der Waals surface area contributed by atoms with E-state index < -0.39 is 0 Å². The topological polar surface area (TPSA) is 20.3 Å². The Hall–Kier alpha value is -0.580. The molecule has 0 saturated carbocycles. The first-order chi connectivity index (χ1) is 5.66. The molecule has 0 heterocycles. The van der Waals surface area contributed by atoms with Gasteiger partial charge in [0, 0.05) is 23.4 Å². The van der Waals surface area contributed by atoms with Gasteiger partial charge in [-0.3, -0.25) is 4.79 Å². The number of nitrogens with zero attached hydrogens (tertiary/aromatic N) is 1. The molecule has 0 fully saturated rings. The predicted molar refractivity (Wildman–Crippen MR) is 58.9 cm³/mol. The van der Waals surface area contributed by atoms with Gasteiger partial charge in [-0.25, -0.2) is 0 Å². The molecule has 0 spiro atoms. The van der Waals surface area contributed by atoms with Crippen LogP contribution < -0.4 is 4.90 Å². The van der Waals surface area contributed by atoms with Gasteiger partial charge in [-0.15, -0.1) is 0 Å². The van der Waals surface area contributed by atoms with Crippen molar-refractivity contribution in [3.05, 3.63) is 27.3 Å². The largest absolute Gasteiger partial charge is 0.377 e. The van der Waals surface area contributed by atoms with E-state index in [-0.39, 0.29) is 0 Å². The number of rotatable bonds is 2. The van der Waals surface area contributed by atoms with Crippen molar-refractivity contribution >= 4 is 34.6 Å². The lowest BCUT2D eigenvalue weighted by molar-refractivity contribution is 0.112. The Bertz CT molecular complexity index is 297. The van der Waals surface area contributed by atoms with E-state index in [0.29, 0.717) is 0 Å². The fraction of sp³-hybridized carbons (Fsp3) is 0.222. The summed E-state index contributed by atoms with van der Waals surface area (Å²) in [6, 6.07) is 5.81. The highest BCUT2D eigenvalue weighted by Gasteiger charge is 2.05. The molecule has 0 unspecified atom stereocenters. The lowest BCUT2D eigenvalue weighted by atomic mass is 10.2. The lowest BCUT2D eigenvalue weighted by Gasteiger charge is -2.15. The van der Waals surface area contributed by atoms with Crippen LogP contribution in [0.1, 0.15) is 10.4 Å². The second-order valence-corrected chi connectivity index (χ2v) is 3.85. The van der Waals surface area contributed by atoms with Crippen molar-refractivity contribution in [1.29, 1.82) is 0 Å². The van der Waals surface area contributed by atoms with E-state index in [0.717, 1.165) is 21.1 Å². The first-order valence-electron chi connectivity index (χ1n) is 3.58. The van der Waals surface area contributed by atoms with E-state index in [2.05, 4.69) is 22.6 Å². The summed E-state index contributed by atoms with van der Waals surface area (Å²) in [6.07, 6.45) is 0.900. The van der Waals surface area contributed by atoms with Gasteiger partial charge in [-0.1, -0.05) is 6.07 Å². The Balaban J connectivity index is 3.27. The van der Waals surface area contributed by atoms with Gasteiger partial charge in [0.15, 0.2) is 6.29 Å². The highest BCUT2D eigenvalue weighted by molar-refractivity contribution is 14.1. The third kappa shape index (κ3) is 1.77. The monoisotopic (exact) mass is 275 g/mol. The first kappa shape index (κ1) is 9.51. The summed E-state index contributed by atoms with van der Waals surface area (Å²) in [7, 11) is 3.86. The van der Waals surface area contributed by atoms with E-state index >= 15 is 0 Å². The molecule has 0 aliphatic carbocycles. The summed E-state index contributed by atoms with van der Waals surface area (Å²) in [5, 5.41) is 0. The number of hydrogen-bond acceptors (Lipinski definition) is 2. The minimum Gasteiger partial charge on any atom is -0.377 e. The average molecular weight is 275 g/mol. The Morgan fingerprint density at radius 2 is 2.08 bits per heavy atom. The molecule has 0 saturated heterocycles. The van der Waals surface area contributed by atoms with Crippen molar-refractivity contribution in [2.24, 2.45) is 0 Å². The van der Waals surface area contributed by atoms with Gasteiger partial charge in [0.1, 0.15) is 0 Å². The molecule has 0 amide bonds. The zero-order valence-electron chi connectivity index (χ0n) is 7.04. The highest BCUT2D eigenvalue weighted by atomic mass is 127. The van der Waals surface area contributed by atoms with E-state index in [4.69, 9.17) is 0 Å². The smallest absolute Gasteiger partial charge is 0.153 e. The molecule has 1 rings (SSSR count). The maximum absolute atomic E-state index is 10.7. The van der Waals surface area contributed by atoms with Crippen molar-refractivity contribution in [2.75, 3.05) is 19.0 Å². The molecule has 0 atom stereocenters. The summed E-state index contributed by atoms with van der Waals surface area (Å²) < 4.78 is 0.994. The Morgan fingerprint density at radius 1 is 1.42 bits per heavy atom. The molecular formula is C9H10INO. The Labute approximate surface area is 85.7 Å². The normalized spacial score (nSPS) is 9.58. The Morgan fingerprint density at radius 3 is 2.50 bits per heavy atom. The number of carbonyl (C=O) groups is 1. The SMILES string of the molecule is CN(C)c1cccc(I)c1C=O. The standard InChI is InChI=1S/C9H10INO/c1-11(2)9-5-3-4-8(10)7(9)6-12/h3-6H,1-2H3. The second-order valence-electron chi connectivity index (χ2n) is 2.68. The van der Waals surface area contributed by atoms with Crippen LogP contribution in [0.4, 0.5) is 5.69 Å². The van der Waals surface area contributed by atoms with Crippen LogP contribution in [0.3, 0.4) is 0 Å². The second kappa shape index (κ2) is 3.89. The molecule has 3 heteroatoms. The molecule has 1 aromatic carbocycles. The summed E-state index contributed by atoms with van der Waals surface area (Å²) in [6.45, 7) is 0. The fourth-order valence-corrected chi connectivity index (χ4v) is 1.64. The van der Waals surface area contributed by atoms with Crippen molar-refractivity contribution in [2.45, 2.75) is 0 Å². The van der Waals surface area contributed by atoms with Gasteiger partial charge in [0.05, 0.1) is 5.56 Å². The fourth-order valence-electron chi connectivity index (χ4n) is 1.03. The van der Waals surface area contributed by atoms with Crippen LogP contribution in [0.25, 0.3) is 0 Å². The summed E-state index contributed by atoms with van der Waals surface area (Å²) in [5.74, 6) is 0. The van der Waals surface area contributed by atoms with Crippen LogP contribution >= 0.6 is 22.6 Å². The molecule has 0 aliphatic heterocycles. The maximum atomic E-state index is 10.7. The average Bonchev–Trinajstić information content (AvgIpc) is 2.03. The van der Waals surface area contributed by atoms with E-state index in [1.54, 1.807) is 0 Å². The van der Waals surface area contributed by atoms with Gasteiger partial charge in [-0.05, 0) is 34.7 Å². The van der Waals surface area contributed by atoms with Gasteiger partial charge < -0.3 is 4.90 Å². The van der Waals surface area contributed by atoms with Crippen LogP contribution in [-0.2, 0) is 0 Å². The van der Waals surface area contributed by atoms with Crippen LogP contribution in [0, 0.1) is 3.57 Å². The number of halogens is 1. The van der Waals surface area contributed by atoms with Gasteiger partial charge in [0.25, 0.3) is 0 Å². The van der Waals surface area contributed by atoms with Gasteiger partial charge in [0.2, 0.25) is 0 Å². The molecular weight excluding hydrogens is 265 g/mol. The summed E-state index contributed by atoms with van der Waals surface area (Å²) in [4.78, 5) is 12.7. The predicted octanol–water partition coefficient (Wildman–Crippen LogP) is 2.17. The zero-order valence-corrected chi connectivity index (χ0v) is 9.20. The third-order valence-corrected chi connectivity index (χ3v) is 2.57. The molecule has 0 radical (unpaired) electrons. The molecule has 64 valence electrons. The molecule has 1 aromatic rings. The van der Waals surface area contributed by atoms with Crippen molar-refractivity contribution in [1.82, 2.24) is 0 Å². The number of hydrogen-bond donors (Lipinski definition) is 0. The number of aldehydes is 1. The van der Waals surface area contributed by atoms with Crippen LogP contribution in [0.2, 0.25) is 0 Å². The molecule has 0 aliphatic rings. The number of anilines is 1. The minimum absolute atomic E-state index is 0.767. The van der Waals surface area contributed by atoms with E-state index in [1.165, 1.54) is 0 Å².